The second-order valence-electron chi connectivity index (χ2n) is 6.03. The first-order valence-electron chi connectivity index (χ1n) is 6.70. The topological polar surface area (TPSA) is 81.7 Å². The fourth-order valence-corrected chi connectivity index (χ4v) is 2.80. The molecule has 0 fully saturated rings. The summed E-state index contributed by atoms with van der Waals surface area (Å²) in [4.78, 5) is 36.1. The van der Waals surface area contributed by atoms with Crippen molar-refractivity contribution in [1.29, 1.82) is 0 Å². The van der Waals surface area contributed by atoms with Crippen molar-refractivity contribution < 1.29 is 23.9 Å². The van der Waals surface area contributed by atoms with Crippen LogP contribution in [0.15, 0.2) is 23.0 Å². The predicted octanol–water partition coefficient (Wildman–Crippen LogP) is 1.08. The highest BCUT2D eigenvalue weighted by Gasteiger charge is 2.41. The fraction of sp³-hybridized carbons (Fsp3) is 0.533. The van der Waals surface area contributed by atoms with Gasteiger partial charge >= 0.3 is 11.9 Å². The third kappa shape index (κ3) is 2.84. The van der Waals surface area contributed by atoms with Crippen LogP contribution in [0.3, 0.4) is 0 Å². The molecule has 0 radical (unpaired) electrons. The molecule has 21 heavy (non-hydrogen) atoms. The van der Waals surface area contributed by atoms with Crippen molar-refractivity contribution >= 4 is 17.7 Å². The number of carbonyl (C=O) groups excluding carboxylic acids is 3. The molecule has 0 aromatic heterocycles. The molecule has 2 aliphatic rings. The molecule has 6 heteroatoms. The standard InChI is InChI=1S/C15H19NO5/c1-15(2)6-10-12(11(17)7-15)8(13(18)20-3)5-9(16-10)14(19)21-4/h5,8,16H,6-7H2,1-4H3. The van der Waals surface area contributed by atoms with Gasteiger partial charge in [-0.1, -0.05) is 13.8 Å². The maximum absolute atomic E-state index is 12.4. The van der Waals surface area contributed by atoms with Crippen LogP contribution >= 0.6 is 0 Å². The zero-order chi connectivity index (χ0) is 15.8. The quantitative estimate of drug-likeness (QED) is 0.767. The molecule has 0 amide bonds. The number of methoxy groups -OCH3 is 2. The molecule has 0 aromatic carbocycles. The Kier molecular flexibility index (Phi) is 3.89. The number of allylic oxidation sites excluding steroid dienone is 1. The Balaban J connectivity index is 2.47. The lowest BCUT2D eigenvalue weighted by Crippen LogP contribution is -2.40. The average molecular weight is 293 g/mol. The van der Waals surface area contributed by atoms with Crippen LogP contribution in [0.25, 0.3) is 0 Å². The van der Waals surface area contributed by atoms with E-state index in [1.165, 1.54) is 20.3 Å². The maximum Gasteiger partial charge on any atom is 0.354 e. The number of hydrogen-bond acceptors (Lipinski definition) is 6. The summed E-state index contributed by atoms with van der Waals surface area (Å²) < 4.78 is 9.43. The van der Waals surface area contributed by atoms with Crippen LogP contribution < -0.4 is 5.32 Å². The van der Waals surface area contributed by atoms with E-state index in [-0.39, 0.29) is 16.9 Å². The van der Waals surface area contributed by atoms with Crippen LogP contribution in [0.2, 0.25) is 0 Å². The van der Waals surface area contributed by atoms with Crippen molar-refractivity contribution in [2.75, 3.05) is 14.2 Å². The number of esters is 2. The molecule has 1 unspecified atom stereocenters. The summed E-state index contributed by atoms with van der Waals surface area (Å²) in [5.41, 5.74) is 0.947. The van der Waals surface area contributed by atoms with Gasteiger partial charge in [-0.3, -0.25) is 9.59 Å². The van der Waals surface area contributed by atoms with Crippen LogP contribution in [-0.4, -0.2) is 31.9 Å². The summed E-state index contributed by atoms with van der Waals surface area (Å²) in [5, 5.41) is 2.94. The molecule has 0 aromatic rings. The van der Waals surface area contributed by atoms with Crippen LogP contribution in [0.1, 0.15) is 26.7 Å². The summed E-state index contributed by atoms with van der Waals surface area (Å²) in [7, 11) is 2.52. The molecule has 0 bridgehead atoms. The molecule has 0 saturated heterocycles. The van der Waals surface area contributed by atoms with E-state index in [9.17, 15) is 14.4 Å². The van der Waals surface area contributed by atoms with Gasteiger partial charge in [0.15, 0.2) is 5.78 Å². The summed E-state index contributed by atoms with van der Waals surface area (Å²) in [5.74, 6) is -2.09. The fourth-order valence-electron chi connectivity index (χ4n) is 2.80. The van der Waals surface area contributed by atoms with Crippen LogP contribution in [-0.2, 0) is 23.9 Å². The Morgan fingerprint density at radius 1 is 1.24 bits per heavy atom. The number of ether oxygens (including phenoxy) is 2. The number of nitrogens with one attached hydrogen (secondary N) is 1. The highest BCUT2D eigenvalue weighted by atomic mass is 16.5. The first kappa shape index (κ1) is 15.3. The Morgan fingerprint density at radius 2 is 1.90 bits per heavy atom. The van der Waals surface area contributed by atoms with E-state index in [0.29, 0.717) is 24.1 Å². The van der Waals surface area contributed by atoms with Gasteiger partial charge in [0.05, 0.1) is 14.2 Å². The molecule has 2 rings (SSSR count). The maximum atomic E-state index is 12.4. The van der Waals surface area contributed by atoms with Gasteiger partial charge in [0.2, 0.25) is 0 Å². The van der Waals surface area contributed by atoms with Gasteiger partial charge in [-0.15, -0.1) is 0 Å². The lowest BCUT2D eigenvalue weighted by molar-refractivity contribution is -0.143. The lowest BCUT2D eigenvalue weighted by atomic mass is 9.72. The van der Waals surface area contributed by atoms with E-state index >= 15 is 0 Å². The Bertz CT molecular complexity index is 571. The van der Waals surface area contributed by atoms with Crippen LogP contribution in [0.5, 0.6) is 0 Å². The van der Waals surface area contributed by atoms with Gasteiger partial charge in [-0.2, -0.15) is 0 Å². The van der Waals surface area contributed by atoms with Crippen molar-refractivity contribution in [3.63, 3.8) is 0 Å². The Hall–Kier alpha value is -2.11. The number of hydrogen-bond donors (Lipinski definition) is 1. The second-order valence-corrected chi connectivity index (χ2v) is 6.03. The minimum absolute atomic E-state index is 0.0932. The van der Waals surface area contributed by atoms with Gasteiger partial charge < -0.3 is 14.8 Å². The van der Waals surface area contributed by atoms with Crippen molar-refractivity contribution in [3.05, 3.63) is 23.0 Å². The highest BCUT2D eigenvalue weighted by molar-refractivity contribution is 6.04. The second kappa shape index (κ2) is 5.35. The first-order chi connectivity index (χ1) is 9.79. The smallest absolute Gasteiger partial charge is 0.354 e. The molecule has 1 aliphatic heterocycles. The third-order valence-corrected chi connectivity index (χ3v) is 3.71. The van der Waals surface area contributed by atoms with E-state index in [1.807, 2.05) is 13.8 Å². The van der Waals surface area contributed by atoms with E-state index in [1.54, 1.807) is 0 Å². The predicted molar refractivity (Wildman–Crippen MR) is 73.8 cm³/mol. The SMILES string of the molecule is COC(=O)C1=CC(C(=O)OC)C2=C(CC(C)(C)CC2=O)N1. The van der Waals surface area contributed by atoms with E-state index in [4.69, 9.17) is 4.74 Å². The van der Waals surface area contributed by atoms with Crippen molar-refractivity contribution in [2.24, 2.45) is 11.3 Å². The highest BCUT2D eigenvalue weighted by Crippen LogP contribution is 2.40. The number of carbonyl (C=O) groups is 3. The molecular formula is C15H19NO5. The van der Waals surface area contributed by atoms with Crippen LogP contribution in [0.4, 0.5) is 0 Å². The number of Topliss-reactive ketones (excluding diaryl/α,β-unsaturated/α-hetero) is 1. The largest absolute Gasteiger partial charge is 0.468 e. The molecular weight excluding hydrogens is 274 g/mol. The zero-order valence-corrected chi connectivity index (χ0v) is 12.6. The molecule has 0 spiro atoms. The number of dihydropyridines is 1. The summed E-state index contributed by atoms with van der Waals surface area (Å²) in [6.07, 6.45) is 2.34. The van der Waals surface area contributed by atoms with Gasteiger partial charge in [-0.05, 0) is 17.9 Å². The minimum atomic E-state index is -0.857. The van der Waals surface area contributed by atoms with E-state index in [0.717, 1.165) is 0 Å². The zero-order valence-electron chi connectivity index (χ0n) is 12.6. The molecule has 1 heterocycles. The Morgan fingerprint density at radius 3 is 2.48 bits per heavy atom. The van der Waals surface area contributed by atoms with Gasteiger partial charge in [0.1, 0.15) is 11.6 Å². The average Bonchev–Trinajstić information content (AvgIpc) is 2.42. The number of rotatable bonds is 2. The monoisotopic (exact) mass is 293 g/mol. The third-order valence-electron chi connectivity index (χ3n) is 3.71. The van der Waals surface area contributed by atoms with Crippen molar-refractivity contribution in [3.8, 4) is 0 Å². The lowest BCUT2D eigenvalue weighted by Gasteiger charge is -2.36. The van der Waals surface area contributed by atoms with Gasteiger partial charge in [0, 0.05) is 17.7 Å². The molecule has 1 atom stereocenters. The van der Waals surface area contributed by atoms with Crippen molar-refractivity contribution in [1.82, 2.24) is 5.32 Å². The molecule has 1 aliphatic carbocycles. The normalized spacial score (nSPS) is 23.7. The molecule has 114 valence electrons. The summed E-state index contributed by atoms with van der Waals surface area (Å²) >= 11 is 0. The molecule has 1 N–H and O–H groups in total. The minimum Gasteiger partial charge on any atom is -0.468 e. The van der Waals surface area contributed by atoms with Crippen LogP contribution in [0, 0.1) is 11.3 Å². The van der Waals surface area contributed by atoms with Gasteiger partial charge in [0.25, 0.3) is 0 Å². The molecule has 0 saturated carbocycles. The summed E-state index contributed by atoms with van der Waals surface area (Å²) in [6.45, 7) is 3.94. The number of ketones is 1. The first-order valence-corrected chi connectivity index (χ1v) is 6.70. The van der Waals surface area contributed by atoms with E-state index < -0.39 is 17.9 Å². The Labute approximate surface area is 123 Å². The molecule has 6 nitrogen and oxygen atoms in total. The summed E-state index contributed by atoms with van der Waals surface area (Å²) in [6, 6.07) is 0. The van der Waals surface area contributed by atoms with Crippen molar-refractivity contribution in [2.45, 2.75) is 26.7 Å². The van der Waals surface area contributed by atoms with Gasteiger partial charge in [-0.25, -0.2) is 4.79 Å². The van der Waals surface area contributed by atoms with E-state index in [2.05, 4.69) is 10.1 Å².